The third kappa shape index (κ3) is 4.06. The molecular weight excluding hydrogens is 256 g/mol. The van der Waals surface area contributed by atoms with Crippen molar-refractivity contribution >= 4 is 17.5 Å². The summed E-state index contributed by atoms with van der Waals surface area (Å²) in [4.78, 5) is 23.3. The van der Waals surface area contributed by atoms with Crippen molar-refractivity contribution in [3.8, 4) is 0 Å². The molecule has 0 spiro atoms. The minimum atomic E-state index is -0.632. The van der Waals surface area contributed by atoms with Gasteiger partial charge in [0.25, 0.3) is 0 Å². The molecule has 0 aromatic heterocycles. The molecule has 2 rings (SSSR count). The Morgan fingerprint density at radius 1 is 1.35 bits per heavy atom. The fourth-order valence-corrected chi connectivity index (χ4v) is 1.83. The van der Waals surface area contributed by atoms with Crippen LogP contribution >= 0.6 is 0 Å². The molecule has 0 saturated heterocycles. The molecule has 1 fully saturated rings. The molecule has 1 aliphatic carbocycles. The minimum Gasteiger partial charge on any atom is -0.377 e. The van der Waals surface area contributed by atoms with Crippen LogP contribution in [-0.2, 0) is 14.3 Å². The maximum Gasteiger partial charge on any atom is 0.313 e. The summed E-state index contributed by atoms with van der Waals surface area (Å²) in [6.45, 7) is 2.51. The summed E-state index contributed by atoms with van der Waals surface area (Å²) in [5, 5.41) is 5.24. The summed E-state index contributed by atoms with van der Waals surface area (Å²) < 4.78 is 5.22. The van der Waals surface area contributed by atoms with Crippen LogP contribution in [0, 0.1) is 5.92 Å². The van der Waals surface area contributed by atoms with Crippen molar-refractivity contribution in [2.75, 3.05) is 19.0 Å². The molecule has 0 aliphatic heterocycles. The Morgan fingerprint density at radius 3 is 2.75 bits per heavy atom. The number of nitrogens with one attached hydrogen (secondary N) is 2. The lowest BCUT2D eigenvalue weighted by atomic mass is 10.1. The predicted octanol–water partition coefficient (Wildman–Crippen LogP) is 1.86. The first kappa shape index (κ1) is 14.5. The van der Waals surface area contributed by atoms with Gasteiger partial charge in [-0.3, -0.25) is 9.59 Å². The van der Waals surface area contributed by atoms with Gasteiger partial charge < -0.3 is 15.4 Å². The van der Waals surface area contributed by atoms with E-state index in [4.69, 9.17) is 4.74 Å². The molecule has 20 heavy (non-hydrogen) atoms. The van der Waals surface area contributed by atoms with Crippen LogP contribution in [0.2, 0.25) is 0 Å². The SMILES string of the molecule is CO[C@H](C)c1cccc(NC(=O)C(=O)NCC2CC2)c1. The molecule has 2 amide bonds. The Kier molecular flexibility index (Phi) is 4.74. The van der Waals surface area contributed by atoms with Gasteiger partial charge in [-0.1, -0.05) is 12.1 Å². The fourth-order valence-electron chi connectivity index (χ4n) is 1.83. The molecule has 1 aliphatic rings. The van der Waals surface area contributed by atoms with Gasteiger partial charge in [-0.2, -0.15) is 0 Å². The highest BCUT2D eigenvalue weighted by molar-refractivity contribution is 6.39. The lowest BCUT2D eigenvalue weighted by Crippen LogP contribution is -2.36. The number of carbonyl (C=O) groups excluding carboxylic acids is 2. The van der Waals surface area contributed by atoms with Gasteiger partial charge in [0, 0.05) is 19.3 Å². The smallest absolute Gasteiger partial charge is 0.313 e. The second-order valence-corrected chi connectivity index (χ2v) is 5.11. The summed E-state index contributed by atoms with van der Waals surface area (Å²) in [5.41, 5.74) is 1.54. The van der Waals surface area contributed by atoms with Gasteiger partial charge in [0.2, 0.25) is 0 Å². The quantitative estimate of drug-likeness (QED) is 0.807. The van der Waals surface area contributed by atoms with Gasteiger partial charge in [-0.15, -0.1) is 0 Å². The average Bonchev–Trinajstić information content (AvgIpc) is 3.28. The van der Waals surface area contributed by atoms with E-state index in [0.29, 0.717) is 18.2 Å². The highest BCUT2D eigenvalue weighted by Crippen LogP contribution is 2.27. The largest absolute Gasteiger partial charge is 0.377 e. The van der Waals surface area contributed by atoms with Crippen LogP contribution in [-0.4, -0.2) is 25.5 Å². The molecule has 0 unspecified atom stereocenters. The van der Waals surface area contributed by atoms with E-state index in [1.54, 1.807) is 19.2 Å². The third-order valence-electron chi connectivity index (χ3n) is 3.42. The Bertz CT molecular complexity index is 498. The highest BCUT2D eigenvalue weighted by Gasteiger charge is 2.23. The zero-order valence-electron chi connectivity index (χ0n) is 11.8. The van der Waals surface area contributed by atoms with E-state index in [2.05, 4.69) is 10.6 Å². The van der Waals surface area contributed by atoms with Crippen molar-refractivity contribution in [1.82, 2.24) is 5.32 Å². The number of benzene rings is 1. The van der Waals surface area contributed by atoms with E-state index < -0.39 is 11.8 Å². The molecule has 1 aromatic rings. The summed E-state index contributed by atoms with van der Waals surface area (Å²) in [5.74, 6) is -0.660. The number of hydrogen-bond donors (Lipinski definition) is 2. The molecule has 0 bridgehead atoms. The Balaban J connectivity index is 1.90. The van der Waals surface area contributed by atoms with Gasteiger partial charge in [0.05, 0.1) is 6.10 Å². The van der Waals surface area contributed by atoms with Crippen LogP contribution in [0.25, 0.3) is 0 Å². The normalized spacial score (nSPS) is 15.5. The molecule has 5 nitrogen and oxygen atoms in total. The lowest BCUT2D eigenvalue weighted by Gasteiger charge is -2.12. The van der Waals surface area contributed by atoms with Gasteiger partial charge in [-0.25, -0.2) is 0 Å². The Labute approximate surface area is 118 Å². The first-order valence-corrected chi connectivity index (χ1v) is 6.82. The van der Waals surface area contributed by atoms with Gasteiger partial charge in [0.15, 0.2) is 0 Å². The second-order valence-electron chi connectivity index (χ2n) is 5.11. The van der Waals surface area contributed by atoms with Crippen molar-refractivity contribution < 1.29 is 14.3 Å². The lowest BCUT2D eigenvalue weighted by molar-refractivity contribution is -0.136. The highest BCUT2D eigenvalue weighted by atomic mass is 16.5. The monoisotopic (exact) mass is 276 g/mol. The van der Waals surface area contributed by atoms with Crippen LogP contribution in [0.4, 0.5) is 5.69 Å². The molecule has 0 radical (unpaired) electrons. The van der Waals surface area contributed by atoms with E-state index in [-0.39, 0.29) is 6.10 Å². The van der Waals surface area contributed by atoms with Crippen molar-refractivity contribution in [3.63, 3.8) is 0 Å². The van der Waals surface area contributed by atoms with Crippen LogP contribution < -0.4 is 10.6 Å². The van der Waals surface area contributed by atoms with Crippen molar-refractivity contribution in [2.45, 2.75) is 25.9 Å². The maximum atomic E-state index is 11.7. The van der Waals surface area contributed by atoms with Crippen LogP contribution in [0.5, 0.6) is 0 Å². The van der Waals surface area contributed by atoms with Crippen LogP contribution in [0.1, 0.15) is 31.4 Å². The molecule has 1 saturated carbocycles. The van der Waals surface area contributed by atoms with Crippen molar-refractivity contribution in [1.29, 1.82) is 0 Å². The molecule has 1 atom stereocenters. The number of carbonyl (C=O) groups is 2. The Hall–Kier alpha value is -1.88. The number of ether oxygens (including phenoxy) is 1. The van der Waals surface area contributed by atoms with Crippen molar-refractivity contribution in [2.24, 2.45) is 5.92 Å². The average molecular weight is 276 g/mol. The summed E-state index contributed by atoms with van der Waals surface area (Å²) >= 11 is 0. The molecule has 1 aromatic carbocycles. The first-order valence-electron chi connectivity index (χ1n) is 6.82. The zero-order chi connectivity index (χ0) is 14.5. The van der Waals surface area contributed by atoms with Crippen LogP contribution in [0.3, 0.4) is 0 Å². The van der Waals surface area contributed by atoms with E-state index in [0.717, 1.165) is 18.4 Å². The maximum absolute atomic E-state index is 11.7. The van der Waals surface area contributed by atoms with Crippen molar-refractivity contribution in [3.05, 3.63) is 29.8 Å². The number of hydrogen-bond acceptors (Lipinski definition) is 3. The predicted molar refractivity (Wildman–Crippen MR) is 76.2 cm³/mol. The summed E-state index contributed by atoms with van der Waals surface area (Å²) in [6, 6.07) is 7.29. The van der Waals surface area contributed by atoms with E-state index in [1.807, 2.05) is 19.1 Å². The standard InChI is InChI=1S/C15H20N2O3/c1-10(20-2)12-4-3-5-13(8-12)17-15(19)14(18)16-9-11-6-7-11/h3-5,8,10-11H,6-7,9H2,1-2H3,(H,16,18)(H,17,19)/t10-/m1/s1. The van der Waals surface area contributed by atoms with Gasteiger partial charge in [0.1, 0.15) is 0 Å². The molecule has 108 valence electrons. The second kappa shape index (κ2) is 6.52. The molecular formula is C15H20N2O3. The Morgan fingerprint density at radius 2 is 2.10 bits per heavy atom. The summed E-state index contributed by atoms with van der Waals surface area (Å²) in [7, 11) is 1.63. The number of anilines is 1. The topological polar surface area (TPSA) is 67.4 Å². The zero-order valence-corrected chi connectivity index (χ0v) is 11.8. The van der Waals surface area contributed by atoms with Gasteiger partial charge in [-0.05, 0) is 43.4 Å². The molecule has 2 N–H and O–H groups in total. The number of amides is 2. The molecule has 5 heteroatoms. The minimum absolute atomic E-state index is 0.0597. The fraction of sp³-hybridized carbons (Fsp3) is 0.467. The first-order chi connectivity index (χ1) is 9.60. The van der Waals surface area contributed by atoms with E-state index in [1.165, 1.54) is 0 Å². The number of rotatable bonds is 5. The third-order valence-corrected chi connectivity index (χ3v) is 3.42. The van der Waals surface area contributed by atoms with Crippen LogP contribution in [0.15, 0.2) is 24.3 Å². The van der Waals surface area contributed by atoms with Gasteiger partial charge >= 0.3 is 11.8 Å². The summed E-state index contributed by atoms with van der Waals surface area (Å²) in [6.07, 6.45) is 2.22. The van der Waals surface area contributed by atoms with E-state index >= 15 is 0 Å². The number of methoxy groups -OCH3 is 1. The van der Waals surface area contributed by atoms with E-state index in [9.17, 15) is 9.59 Å². The molecule has 0 heterocycles.